The molecule has 3 rings (SSSR count). The average Bonchev–Trinajstić information content (AvgIpc) is 2.92. The molecular weight excluding hydrogens is 488 g/mol. The molecule has 3 aromatic rings. The monoisotopic (exact) mass is 520 g/mol. The summed E-state index contributed by atoms with van der Waals surface area (Å²) in [7, 11) is 3.04. The van der Waals surface area contributed by atoms with Gasteiger partial charge < -0.3 is 25.4 Å². The summed E-state index contributed by atoms with van der Waals surface area (Å²) in [6.07, 6.45) is 0. The lowest BCUT2D eigenvalue weighted by atomic mass is 9.92. The number of nitrogens with one attached hydrogen (secondary N) is 1. The van der Waals surface area contributed by atoms with Crippen molar-refractivity contribution in [3.63, 3.8) is 0 Å². The Morgan fingerprint density at radius 3 is 2.24 bits per heavy atom. The maximum absolute atomic E-state index is 13.6. The van der Waals surface area contributed by atoms with Gasteiger partial charge in [0.2, 0.25) is 0 Å². The summed E-state index contributed by atoms with van der Waals surface area (Å²) in [6, 6.07) is 17.5. The van der Waals surface area contributed by atoms with Crippen molar-refractivity contribution in [3.8, 4) is 11.5 Å². The molecule has 0 spiro atoms. The van der Waals surface area contributed by atoms with Crippen molar-refractivity contribution >= 4 is 23.2 Å². The van der Waals surface area contributed by atoms with Crippen LogP contribution in [0.3, 0.4) is 0 Å². The predicted molar refractivity (Wildman–Crippen MR) is 145 cm³/mol. The van der Waals surface area contributed by atoms with Crippen LogP contribution in [0.2, 0.25) is 0 Å². The van der Waals surface area contributed by atoms with Gasteiger partial charge in [0.1, 0.15) is 0 Å². The van der Waals surface area contributed by atoms with Crippen LogP contribution in [0, 0.1) is 15.5 Å². The maximum Gasteiger partial charge on any atom is 0.269 e. The summed E-state index contributed by atoms with van der Waals surface area (Å²) in [5, 5.41) is 13.7. The van der Waals surface area contributed by atoms with Crippen LogP contribution in [0.25, 0.3) is 0 Å². The third kappa shape index (κ3) is 7.07. The standard InChI is InChI=1S/C28H32N4O6/c1-28(2,17-29)18-31(27(34)21-10-13-24(37-3)25(15-21)38-4)16-19-6-5-7-22(14-19)30-26(33)20-8-11-23(12-9-20)32(35)36/h5-15H,16-18,29H2,1-4H3,(H,30,33). The Morgan fingerprint density at radius 2 is 1.63 bits per heavy atom. The Kier molecular flexibility index (Phi) is 9.03. The number of nitrogens with two attached hydrogens (primary N) is 1. The highest BCUT2D eigenvalue weighted by Gasteiger charge is 2.26. The van der Waals surface area contributed by atoms with Crippen LogP contribution in [-0.2, 0) is 6.54 Å². The van der Waals surface area contributed by atoms with Crippen LogP contribution in [0.4, 0.5) is 11.4 Å². The number of benzene rings is 3. The molecule has 0 fully saturated rings. The number of nitro groups is 1. The number of carbonyl (C=O) groups excluding carboxylic acids is 2. The normalized spacial score (nSPS) is 11.0. The smallest absolute Gasteiger partial charge is 0.269 e. The van der Waals surface area contributed by atoms with E-state index in [0.29, 0.717) is 35.8 Å². The minimum atomic E-state index is -0.522. The number of rotatable bonds is 11. The number of nitro benzene ring substituents is 1. The molecule has 0 bridgehead atoms. The molecule has 38 heavy (non-hydrogen) atoms. The second-order valence-corrected chi connectivity index (χ2v) is 9.56. The lowest BCUT2D eigenvalue weighted by molar-refractivity contribution is -0.384. The van der Waals surface area contributed by atoms with E-state index in [0.717, 1.165) is 5.56 Å². The number of methoxy groups -OCH3 is 2. The Balaban J connectivity index is 1.83. The van der Waals surface area contributed by atoms with E-state index >= 15 is 0 Å². The summed E-state index contributed by atoms with van der Waals surface area (Å²) >= 11 is 0. The van der Waals surface area contributed by atoms with Crippen LogP contribution in [0.15, 0.2) is 66.7 Å². The Morgan fingerprint density at radius 1 is 0.974 bits per heavy atom. The number of carbonyl (C=O) groups is 2. The van der Waals surface area contributed by atoms with Gasteiger partial charge in [-0.05, 0) is 60.0 Å². The summed E-state index contributed by atoms with van der Waals surface area (Å²) in [5.41, 5.74) is 7.60. The molecule has 0 radical (unpaired) electrons. The van der Waals surface area contributed by atoms with Gasteiger partial charge in [-0.3, -0.25) is 19.7 Å². The van der Waals surface area contributed by atoms with Crippen LogP contribution in [0.5, 0.6) is 11.5 Å². The number of amides is 2. The molecule has 0 saturated carbocycles. The lowest BCUT2D eigenvalue weighted by Gasteiger charge is -2.32. The number of nitrogens with zero attached hydrogens (tertiary/aromatic N) is 2. The molecule has 0 aliphatic carbocycles. The highest BCUT2D eigenvalue weighted by Crippen LogP contribution is 2.29. The van der Waals surface area contributed by atoms with Gasteiger partial charge in [0, 0.05) is 42.0 Å². The first kappa shape index (κ1) is 28.1. The fraction of sp³-hybridized carbons (Fsp3) is 0.286. The highest BCUT2D eigenvalue weighted by molar-refractivity contribution is 6.04. The van der Waals surface area contributed by atoms with Gasteiger partial charge in [0.05, 0.1) is 19.1 Å². The predicted octanol–water partition coefficient (Wildman–Crippen LogP) is 4.49. The first-order chi connectivity index (χ1) is 18.1. The molecule has 3 aromatic carbocycles. The molecule has 10 nitrogen and oxygen atoms in total. The third-order valence-corrected chi connectivity index (χ3v) is 5.99. The summed E-state index contributed by atoms with van der Waals surface area (Å²) in [4.78, 5) is 38.3. The summed E-state index contributed by atoms with van der Waals surface area (Å²) in [6.45, 7) is 5.04. The molecule has 0 aliphatic heterocycles. The van der Waals surface area contributed by atoms with Gasteiger partial charge in [-0.2, -0.15) is 0 Å². The Labute approximate surface area is 221 Å². The third-order valence-electron chi connectivity index (χ3n) is 5.99. The fourth-order valence-corrected chi connectivity index (χ4v) is 3.84. The van der Waals surface area contributed by atoms with E-state index in [1.165, 1.54) is 38.5 Å². The van der Waals surface area contributed by atoms with E-state index < -0.39 is 10.8 Å². The molecule has 0 atom stereocenters. The van der Waals surface area contributed by atoms with Gasteiger partial charge >= 0.3 is 0 Å². The minimum absolute atomic E-state index is 0.0943. The van der Waals surface area contributed by atoms with Gasteiger partial charge in [-0.15, -0.1) is 0 Å². The fourth-order valence-electron chi connectivity index (χ4n) is 3.84. The van der Waals surface area contributed by atoms with Crippen molar-refractivity contribution in [3.05, 3.63) is 93.5 Å². The zero-order valence-electron chi connectivity index (χ0n) is 21.9. The number of ether oxygens (including phenoxy) is 2. The first-order valence-corrected chi connectivity index (χ1v) is 11.9. The molecule has 3 N–H and O–H groups in total. The molecule has 10 heteroatoms. The van der Waals surface area contributed by atoms with Crippen molar-refractivity contribution in [1.29, 1.82) is 0 Å². The largest absolute Gasteiger partial charge is 0.493 e. The van der Waals surface area contributed by atoms with Gasteiger partial charge in [0.25, 0.3) is 17.5 Å². The topological polar surface area (TPSA) is 137 Å². The molecule has 2 amide bonds. The lowest BCUT2D eigenvalue weighted by Crippen LogP contribution is -2.41. The Bertz CT molecular complexity index is 1310. The van der Waals surface area contributed by atoms with E-state index in [-0.39, 0.29) is 29.1 Å². The van der Waals surface area contributed by atoms with Crippen LogP contribution >= 0.6 is 0 Å². The van der Waals surface area contributed by atoms with E-state index in [1.807, 2.05) is 19.9 Å². The zero-order chi connectivity index (χ0) is 27.9. The van der Waals surface area contributed by atoms with E-state index in [9.17, 15) is 19.7 Å². The van der Waals surface area contributed by atoms with Crippen LogP contribution in [0.1, 0.15) is 40.1 Å². The number of non-ortho nitro benzene ring substituents is 1. The quantitative estimate of drug-likeness (QED) is 0.281. The SMILES string of the molecule is COc1ccc(C(=O)N(Cc2cccc(NC(=O)c3ccc([N+](=O)[O-])cc3)c2)CC(C)(C)CN)cc1OC. The van der Waals surface area contributed by atoms with Gasteiger partial charge in [-0.25, -0.2) is 0 Å². The molecule has 0 aromatic heterocycles. The van der Waals surface area contributed by atoms with E-state index in [2.05, 4.69) is 5.32 Å². The van der Waals surface area contributed by atoms with Crippen LogP contribution < -0.4 is 20.5 Å². The number of anilines is 1. The minimum Gasteiger partial charge on any atom is -0.493 e. The molecule has 0 heterocycles. The Hall–Kier alpha value is -4.44. The zero-order valence-corrected chi connectivity index (χ0v) is 21.9. The van der Waals surface area contributed by atoms with Crippen molar-refractivity contribution in [2.75, 3.05) is 32.6 Å². The molecule has 0 unspecified atom stereocenters. The molecule has 200 valence electrons. The van der Waals surface area contributed by atoms with Crippen LogP contribution in [-0.4, -0.2) is 48.9 Å². The average molecular weight is 521 g/mol. The second-order valence-electron chi connectivity index (χ2n) is 9.56. The maximum atomic E-state index is 13.6. The first-order valence-electron chi connectivity index (χ1n) is 11.9. The molecular formula is C28H32N4O6. The van der Waals surface area contributed by atoms with Gasteiger partial charge in [0.15, 0.2) is 11.5 Å². The van der Waals surface area contributed by atoms with Crippen molar-refractivity contribution in [1.82, 2.24) is 4.90 Å². The molecule has 0 aliphatic rings. The molecule has 0 saturated heterocycles. The highest BCUT2D eigenvalue weighted by atomic mass is 16.6. The van der Waals surface area contributed by atoms with E-state index in [4.69, 9.17) is 15.2 Å². The second kappa shape index (κ2) is 12.2. The summed E-state index contributed by atoms with van der Waals surface area (Å²) in [5.74, 6) is 0.370. The van der Waals surface area contributed by atoms with Gasteiger partial charge in [-0.1, -0.05) is 26.0 Å². The number of hydrogen-bond donors (Lipinski definition) is 2. The van der Waals surface area contributed by atoms with Crippen molar-refractivity contribution in [2.45, 2.75) is 20.4 Å². The van der Waals surface area contributed by atoms with Crippen molar-refractivity contribution < 1.29 is 24.0 Å². The number of hydrogen-bond acceptors (Lipinski definition) is 7. The summed E-state index contributed by atoms with van der Waals surface area (Å²) < 4.78 is 10.7. The van der Waals surface area contributed by atoms with E-state index in [1.54, 1.807) is 41.3 Å². The van der Waals surface area contributed by atoms with Crippen molar-refractivity contribution in [2.24, 2.45) is 11.1 Å².